The van der Waals surface area contributed by atoms with Crippen LogP contribution in [-0.2, 0) is 14.8 Å². The first-order chi connectivity index (χ1) is 13.6. The number of hydrogen-bond acceptors (Lipinski definition) is 5. The number of rotatable bonds is 5. The zero-order chi connectivity index (χ0) is 21.3. The van der Waals surface area contributed by atoms with E-state index in [4.69, 9.17) is 16.3 Å². The molecule has 0 bridgehead atoms. The molecule has 0 unspecified atom stereocenters. The van der Waals surface area contributed by atoms with Gasteiger partial charge in [-0.05, 0) is 31.2 Å². The van der Waals surface area contributed by atoms with Crippen LogP contribution >= 0.6 is 11.6 Å². The number of fused-ring (bicyclic) bond motifs is 1. The van der Waals surface area contributed by atoms with Crippen molar-refractivity contribution < 1.29 is 22.7 Å². The molecule has 1 heterocycles. The van der Waals surface area contributed by atoms with Gasteiger partial charge in [-0.25, -0.2) is 13.2 Å². The van der Waals surface area contributed by atoms with Crippen LogP contribution in [0.1, 0.15) is 22.1 Å². The fraction of sp³-hybridized carbons (Fsp3) is 0.200. The number of aromatic nitrogens is 1. The molecule has 9 heteroatoms. The zero-order valence-corrected chi connectivity index (χ0v) is 17.6. The van der Waals surface area contributed by atoms with Gasteiger partial charge in [0, 0.05) is 16.6 Å². The highest BCUT2D eigenvalue weighted by Gasteiger charge is 2.31. The molecular formula is C20H19ClN2O5S. The number of benzene rings is 2. The fourth-order valence-electron chi connectivity index (χ4n) is 3.25. The van der Waals surface area contributed by atoms with Crippen LogP contribution in [0.4, 0.5) is 5.69 Å². The number of hydrogen-bond donors (Lipinski definition) is 0. The average Bonchev–Trinajstić information content (AvgIpc) is 3.05. The molecule has 0 aliphatic heterocycles. The third-order valence-electron chi connectivity index (χ3n) is 4.48. The lowest BCUT2D eigenvalue weighted by Gasteiger charge is -2.28. The number of anilines is 1. The average molecular weight is 435 g/mol. The quantitative estimate of drug-likeness (QED) is 0.573. The van der Waals surface area contributed by atoms with Crippen LogP contribution in [0.2, 0.25) is 5.02 Å². The van der Waals surface area contributed by atoms with Gasteiger partial charge in [0.15, 0.2) is 0 Å². The number of para-hydroxylation sites is 1. The van der Waals surface area contributed by atoms with E-state index >= 15 is 0 Å². The van der Waals surface area contributed by atoms with Crippen LogP contribution in [-0.4, -0.2) is 44.3 Å². The first-order valence-corrected chi connectivity index (χ1v) is 10.9. The van der Waals surface area contributed by atoms with Crippen molar-refractivity contribution in [3.63, 3.8) is 0 Å². The molecule has 0 N–H and O–H groups in total. The summed E-state index contributed by atoms with van der Waals surface area (Å²) in [5.74, 6) is -1.11. The summed E-state index contributed by atoms with van der Waals surface area (Å²) in [6, 6.07) is 12.0. The molecule has 152 valence electrons. The third kappa shape index (κ3) is 3.99. The van der Waals surface area contributed by atoms with Gasteiger partial charge in [0.2, 0.25) is 10.0 Å². The lowest BCUT2D eigenvalue weighted by atomic mass is 10.2. The van der Waals surface area contributed by atoms with Gasteiger partial charge in [-0.2, -0.15) is 0 Å². The molecule has 0 radical (unpaired) electrons. The second-order valence-electron chi connectivity index (χ2n) is 6.47. The molecule has 1 atom stereocenters. The van der Waals surface area contributed by atoms with E-state index in [9.17, 15) is 18.0 Å². The molecule has 3 aromatic rings. The summed E-state index contributed by atoms with van der Waals surface area (Å²) in [5.41, 5.74) is 0.965. The van der Waals surface area contributed by atoms with Gasteiger partial charge in [-0.1, -0.05) is 35.9 Å². The number of carbonyl (C=O) groups excluding carboxylic acids is 2. The first-order valence-electron chi connectivity index (χ1n) is 8.62. The Morgan fingerprint density at radius 1 is 1.14 bits per heavy atom. The second kappa shape index (κ2) is 7.88. The van der Waals surface area contributed by atoms with Crippen molar-refractivity contribution in [1.82, 2.24) is 4.57 Å². The smallest absolute Gasteiger partial charge is 0.340 e. The lowest BCUT2D eigenvalue weighted by molar-refractivity contribution is 0.0603. The Labute approximate surface area is 173 Å². The van der Waals surface area contributed by atoms with Crippen molar-refractivity contribution in [2.24, 2.45) is 0 Å². The maximum atomic E-state index is 13.3. The summed E-state index contributed by atoms with van der Waals surface area (Å²) in [6.07, 6.45) is 2.39. The predicted octanol–water partition coefficient (Wildman–Crippen LogP) is 3.58. The van der Waals surface area contributed by atoms with Crippen molar-refractivity contribution >= 4 is 50.1 Å². The fourth-order valence-corrected chi connectivity index (χ4v) is 4.60. The van der Waals surface area contributed by atoms with Crippen LogP contribution in [0.3, 0.4) is 0 Å². The monoisotopic (exact) mass is 434 g/mol. The van der Waals surface area contributed by atoms with Crippen molar-refractivity contribution in [3.8, 4) is 0 Å². The number of sulfonamides is 1. The van der Waals surface area contributed by atoms with Gasteiger partial charge in [-0.3, -0.25) is 13.7 Å². The van der Waals surface area contributed by atoms with E-state index in [1.165, 1.54) is 30.9 Å². The molecular weight excluding hydrogens is 416 g/mol. The Bertz CT molecular complexity index is 1200. The number of esters is 1. The first kappa shape index (κ1) is 20.9. The van der Waals surface area contributed by atoms with Crippen LogP contribution < -0.4 is 4.31 Å². The summed E-state index contributed by atoms with van der Waals surface area (Å²) in [7, 11) is -2.55. The number of ether oxygens (including phenoxy) is 1. The van der Waals surface area contributed by atoms with Gasteiger partial charge in [0.05, 0.1) is 30.1 Å². The molecule has 3 rings (SSSR count). The zero-order valence-electron chi connectivity index (χ0n) is 16.0. The summed E-state index contributed by atoms with van der Waals surface area (Å²) in [6.45, 7) is 1.48. The Hall–Kier alpha value is -2.84. The SMILES string of the molecule is COC(=O)c1cn(C(=O)[C@H](C)N(c2cccc(Cl)c2)S(C)(=O)=O)c2ccccc12. The summed E-state index contributed by atoms with van der Waals surface area (Å²) < 4.78 is 32.1. The lowest BCUT2D eigenvalue weighted by Crippen LogP contribution is -2.44. The Balaban J connectivity index is 2.13. The van der Waals surface area contributed by atoms with Crippen molar-refractivity contribution in [1.29, 1.82) is 0 Å². The van der Waals surface area contributed by atoms with Crippen LogP contribution in [0.5, 0.6) is 0 Å². The standard InChI is InChI=1S/C20H19ClN2O5S/c1-13(23(29(3,26)27)15-8-6-7-14(21)11-15)19(24)22-12-17(20(25)28-2)16-9-4-5-10-18(16)22/h4-13H,1-3H3/t13-/m0/s1. The molecule has 29 heavy (non-hydrogen) atoms. The molecule has 7 nitrogen and oxygen atoms in total. The molecule has 0 spiro atoms. The van der Waals surface area contributed by atoms with E-state index < -0.39 is 27.9 Å². The number of carbonyl (C=O) groups is 2. The minimum atomic E-state index is -3.81. The molecule has 0 aliphatic carbocycles. The molecule has 0 saturated carbocycles. The highest BCUT2D eigenvalue weighted by atomic mass is 35.5. The molecule has 0 fully saturated rings. The Kier molecular flexibility index (Phi) is 5.68. The minimum Gasteiger partial charge on any atom is -0.465 e. The van der Waals surface area contributed by atoms with Crippen LogP contribution in [0.25, 0.3) is 10.9 Å². The van der Waals surface area contributed by atoms with E-state index in [0.717, 1.165) is 10.6 Å². The molecule has 0 amide bonds. The highest BCUT2D eigenvalue weighted by Crippen LogP contribution is 2.27. The van der Waals surface area contributed by atoms with Crippen molar-refractivity contribution in [2.75, 3.05) is 17.7 Å². The second-order valence-corrected chi connectivity index (χ2v) is 8.77. The highest BCUT2D eigenvalue weighted by molar-refractivity contribution is 7.92. The molecule has 0 saturated heterocycles. The largest absolute Gasteiger partial charge is 0.465 e. The number of nitrogens with zero attached hydrogens (tertiary/aromatic N) is 2. The van der Waals surface area contributed by atoms with E-state index in [2.05, 4.69) is 0 Å². The third-order valence-corrected chi connectivity index (χ3v) is 5.96. The van der Waals surface area contributed by atoms with Crippen LogP contribution in [0.15, 0.2) is 54.7 Å². The number of halogens is 1. The molecule has 1 aromatic heterocycles. The van der Waals surface area contributed by atoms with Crippen LogP contribution in [0, 0.1) is 0 Å². The van der Waals surface area contributed by atoms with Gasteiger partial charge in [-0.15, -0.1) is 0 Å². The van der Waals surface area contributed by atoms with E-state index in [0.29, 0.717) is 15.9 Å². The minimum absolute atomic E-state index is 0.220. The summed E-state index contributed by atoms with van der Waals surface area (Å²) >= 11 is 6.01. The summed E-state index contributed by atoms with van der Waals surface area (Å²) in [5, 5.41) is 0.878. The Morgan fingerprint density at radius 3 is 2.45 bits per heavy atom. The van der Waals surface area contributed by atoms with Gasteiger partial charge < -0.3 is 4.74 Å². The molecule has 2 aromatic carbocycles. The van der Waals surface area contributed by atoms with E-state index in [-0.39, 0.29) is 11.3 Å². The van der Waals surface area contributed by atoms with Crippen molar-refractivity contribution in [2.45, 2.75) is 13.0 Å². The van der Waals surface area contributed by atoms with Crippen molar-refractivity contribution in [3.05, 3.63) is 65.3 Å². The normalized spacial score (nSPS) is 12.6. The predicted molar refractivity (Wildman–Crippen MR) is 112 cm³/mol. The molecule has 0 aliphatic rings. The van der Waals surface area contributed by atoms with Gasteiger partial charge in [0.1, 0.15) is 6.04 Å². The van der Waals surface area contributed by atoms with Gasteiger partial charge >= 0.3 is 5.97 Å². The Morgan fingerprint density at radius 2 is 1.83 bits per heavy atom. The van der Waals surface area contributed by atoms with E-state index in [1.54, 1.807) is 42.5 Å². The topological polar surface area (TPSA) is 85.7 Å². The van der Waals surface area contributed by atoms with Gasteiger partial charge in [0.25, 0.3) is 5.91 Å². The maximum absolute atomic E-state index is 13.3. The van der Waals surface area contributed by atoms with E-state index in [1.807, 2.05) is 0 Å². The number of methoxy groups -OCH3 is 1. The maximum Gasteiger partial charge on any atom is 0.340 e. The summed E-state index contributed by atoms with van der Waals surface area (Å²) in [4.78, 5) is 25.4.